The summed E-state index contributed by atoms with van der Waals surface area (Å²) in [6.45, 7) is 0.695. The first-order valence-electron chi connectivity index (χ1n) is 7.17. The van der Waals surface area contributed by atoms with Gasteiger partial charge in [0.1, 0.15) is 0 Å². The molecule has 0 aliphatic carbocycles. The second-order valence-corrected chi connectivity index (χ2v) is 5.71. The van der Waals surface area contributed by atoms with E-state index in [1.54, 1.807) is 12.3 Å². The summed E-state index contributed by atoms with van der Waals surface area (Å²) in [5.74, 6) is -0.292. The highest BCUT2D eigenvalue weighted by Gasteiger charge is 1.99. The molecule has 0 aliphatic rings. The molecule has 23 heavy (non-hydrogen) atoms. The molecule has 2 aromatic heterocycles. The Bertz CT molecular complexity index is 864. The summed E-state index contributed by atoms with van der Waals surface area (Å²) in [5.41, 5.74) is 1.91. The van der Waals surface area contributed by atoms with E-state index in [1.807, 2.05) is 52.5 Å². The fourth-order valence-electron chi connectivity index (χ4n) is 2.05. The molecule has 0 radical (unpaired) electrons. The second-order valence-electron chi connectivity index (χ2n) is 4.84. The van der Waals surface area contributed by atoms with Crippen LogP contribution in [0.15, 0.2) is 77.4 Å². The van der Waals surface area contributed by atoms with Crippen LogP contribution in [-0.4, -0.2) is 15.5 Å². The predicted molar refractivity (Wildman–Crippen MR) is 91.7 cm³/mol. The first-order valence-corrected chi connectivity index (χ1v) is 8.05. The fourth-order valence-corrected chi connectivity index (χ4v) is 2.78. The van der Waals surface area contributed by atoms with E-state index in [0.717, 1.165) is 5.69 Å². The molecule has 1 amide bonds. The van der Waals surface area contributed by atoms with Crippen LogP contribution in [0.3, 0.4) is 0 Å². The summed E-state index contributed by atoms with van der Waals surface area (Å²) in [4.78, 5) is 21.0. The van der Waals surface area contributed by atoms with Gasteiger partial charge in [-0.1, -0.05) is 36.4 Å². The highest BCUT2D eigenvalue weighted by atomic mass is 32.1. The van der Waals surface area contributed by atoms with Crippen LogP contribution in [0.5, 0.6) is 0 Å². The Morgan fingerprint density at radius 1 is 1.17 bits per heavy atom. The summed E-state index contributed by atoms with van der Waals surface area (Å²) in [6, 6.07) is 15.6. The molecule has 0 fully saturated rings. The Balaban J connectivity index is 1.77. The summed E-state index contributed by atoms with van der Waals surface area (Å²) in [6.07, 6.45) is 6.73. The van der Waals surface area contributed by atoms with Crippen LogP contribution in [0.4, 0.5) is 0 Å². The summed E-state index contributed by atoms with van der Waals surface area (Å²) < 4.78 is 1.96. The van der Waals surface area contributed by atoms with Crippen molar-refractivity contribution >= 4 is 23.3 Å². The van der Waals surface area contributed by atoms with Gasteiger partial charge in [-0.15, -0.1) is 11.3 Å². The average Bonchev–Trinajstić information content (AvgIpc) is 3.02. The standard InChI is InChI=1S/C18H15N3OS/c22-17(10-9-16-8-4-5-11-19-16)20-18-21(12-13-23-18)14-15-6-2-1-3-7-15/h1-13H,14H2/b10-9-,20-18?. The van der Waals surface area contributed by atoms with E-state index >= 15 is 0 Å². The van der Waals surface area contributed by atoms with Gasteiger partial charge in [0.05, 0.1) is 5.69 Å². The third-order valence-electron chi connectivity index (χ3n) is 3.15. The maximum absolute atomic E-state index is 12.0. The first-order chi connectivity index (χ1) is 11.3. The van der Waals surface area contributed by atoms with Crippen molar-refractivity contribution in [3.63, 3.8) is 0 Å². The lowest BCUT2D eigenvalue weighted by Gasteiger charge is -2.02. The molecule has 0 aliphatic heterocycles. The van der Waals surface area contributed by atoms with Gasteiger partial charge in [-0.2, -0.15) is 4.99 Å². The molecular formula is C18H15N3OS. The van der Waals surface area contributed by atoms with Crippen LogP contribution >= 0.6 is 11.3 Å². The lowest BCUT2D eigenvalue weighted by Crippen LogP contribution is -2.16. The van der Waals surface area contributed by atoms with Crippen molar-refractivity contribution in [2.24, 2.45) is 4.99 Å². The second kappa shape index (κ2) is 7.47. The van der Waals surface area contributed by atoms with Gasteiger partial charge in [-0.3, -0.25) is 9.78 Å². The number of benzene rings is 1. The minimum Gasteiger partial charge on any atom is -0.319 e. The number of carbonyl (C=O) groups is 1. The van der Waals surface area contributed by atoms with Crippen molar-refractivity contribution in [1.29, 1.82) is 0 Å². The van der Waals surface area contributed by atoms with Crippen molar-refractivity contribution in [3.8, 4) is 0 Å². The largest absolute Gasteiger partial charge is 0.319 e. The molecule has 0 saturated carbocycles. The predicted octanol–water partition coefficient (Wildman–Crippen LogP) is 3.13. The molecule has 3 aromatic rings. The van der Waals surface area contributed by atoms with Crippen molar-refractivity contribution < 1.29 is 4.79 Å². The lowest BCUT2D eigenvalue weighted by molar-refractivity contribution is -0.113. The maximum atomic E-state index is 12.0. The van der Waals surface area contributed by atoms with E-state index in [0.29, 0.717) is 11.3 Å². The van der Waals surface area contributed by atoms with Gasteiger partial charge in [0, 0.05) is 30.4 Å². The summed E-state index contributed by atoms with van der Waals surface area (Å²) >= 11 is 1.44. The molecular weight excluding hydrogens is 306 g/mol. The summed E-state index contributed by atoms with van der Waals surface area (Å²) in [7, 11) is 0. The number of aromatic nitrogens is 2. The van der Waals surface area contributed by atoms with Crippen LogP contribution in [-0.2, 0) is 11.3 Å². The van der Waals surface area contributed by atoms with Crippen LogP contribution in [0.25, 0.3) is 6.08 Å². The molecule has 2 heterocycles. The third-order valence-corrected chi connectivity index (χ3v) is 3.94. The number of carbonyl (C=O) groups excluding carboxylic acids is 1. The van der Waals surface area contributed by atoms with Crippen LogP contribution in [0, 0.1) is 0 Å². The minimum absolute atomic E-state index is 0.292. The zero-order valence-electron chi connectivity index (χ0n) is 12.4. The van der Waals surface area contributed by atoms with Crippen molar-refractivity contribution in [2.45, 2.75) is 6.54 Å². The van der Waals surface area contributed by atoms with Gasteiger partial charge >= 0.3 is 0 Å². The highest BCUT2D eigenvalue weighted by Crippen LogP contribution is 2.02. The van der Waals surface area contributed by atoms with E-state index in [9.17, 15) is 4.79 Å². The molecule has 0 atom stereocenters. The Morgan fingerprint density at radius 3 is 2.78 bits per heavy atom. The molecule has 4 nitrogen and oxygen atoms in total. The van der Waals surface area contributed by atoms with Crippen LogP contribution in [0.2, 0.25) is 0 Å². The topological polar surface area (TPSA) is 47.2 Å². The quantitative estimate of drug-likeness (QED) is 0.693. The van der Waals surface area contributed by atoms with Gasteiger partial charge in [0.15, 0.2) is 4.80 Å². The molecule has 0 bridgehead atoms. The number of amides is 1. The molecule has 114 valence electrons. The van der Waals surface area contributed by atoms with E-state index in [-0.39, 0.29) is 5.91 Å². The number of hydrogen-bond acceptors (Lipinski definition) is 3. The van der Waals surface area contributed by atoms with E-state index < -0.39 is 0 Å². The van der Waals surface area contributed by atoms with Crippen LogP contribution < -0.4 is 4.80 Å². The summed E-state index contributed by atoms with van der Waals surface area (Å²) in [5, 5.41) is 1.93. The van der Waals surface area contributed by atoms with Gasteiger partial charge in [0.2, 0.25) is 0 Å². The number of nitrogens with zero attached hydrogens (tertiary/aromatic N) is 3. The lowest BCUT2D eigenvalue weighted by atomic mass is 10.2. The number of rotatable bonds is 4. The van der Waals surface area contributed by atoms with Crippen molar-refractivity contribution in [1.82, 2.24) is 9.55 Å². The SMILES string of the molecule is O=C(/C=C\c1ccccn1)N=c1sccn1Cc1ccccc1. The van der Waals surface area contributed by atoms with Crippen LogP contribution in [0.1, 0.15) is 11.3 Å². The van der Waals surface area contributed by atoms with Crippen molar-refractivity contribution in [3.05, 3.63) is 88.4 Å². The Labute approximate surface area is 138 Å². The first kappa shape index (κ1) is 15.1. The third kappa shape index (κ3) is 4.34. The van der Waals surface area contributed by atoms with Gasteiger partial charge in [-0.25, -0.2) is 0 Å². The molecule has 0 N–H and O–H groups in total. The number of pyridine rings is 1. The molecule has 0 spiro atoms. The van der Waals surface area contributed by atoms with Gasteiger partial charge in [0.25, 0.3) is 5.91 Å². The zero-order valence-corrected chi connectivity index (χ0v) is 13.2. The molecule has 1 aromatic carbocycles. The molecule has 3 rings (SSSR count). The Hall–Kier alpha value is -2.79. The molecule has 5 heteroatoms. The normalized spacial score (nSPS) is 11.9. The van der Waals surface area contributed by atoms with E-state index in [4.69, 9.17) is 0 Å². The van der Waals surface area contributed by atoms with Gasteiger partial charge in [-0.05, 0) is 23.8 Å². The zero-order chi connectivity index (χ0) is 15.9. The molecule has 0 unspecified atom stereocenters. The Kier molecular flexibility index (Phi) is 4.91. The fraction of sp³-hybridized carbons (Fsp3) is 0.0556. The highest BCUT2D eigenvalue weighted by molar-refractivity contribution is 7.07. The maximum Gasteiger partial charge on any atom is 0.272 e. The van der Waals surface area contributed by atoms with Gasteiger partial charge < -0.3 is 4.57 Å². The Morgan fingerprint density at radius 2 is 2.00 bits per heavy atom. The number of hydrogen-bond donors (Lipinski definition) is 0. The van der Waals surface area contributed by atoms with E-state index in [2.05, 4.69) is 22.1 Å². The monoisotopic (exact) mass is 321 g/mol. The number of thiazole rings is 1. The minimum atomic E-state index is -0.292. The van der Waals surface area contributed by atoms with Crippen molar-refractivity contribution in [2.75, 3.05) is 0 Å². The average molecular weight is 321 g/mol. The van der Waals surface area contributed by atoms with E-state index in [1.165, 1.54) is 23.0 Å². The molecule has 0 saturated heterocycles. The smallest absolute Gasteiger partial charge is 0.272 e.